The van der Waals surface area contributed by atoms with Gasteiger partial charge in [0.25, 0.3) is 5.91 Å². The van der Waals surface area contributed by atoms with Crippen LogP contribution >= 0.6 is 0 Å². The molecule has 5 atom stereocenters. The SMILES string of the molecule is CC(C)CC1(S(=O)(=O)NC(=O)[C@@]23C[C@H]2CCCCCCC[C@H](NC(=O)OC(C)(C)C)C(=O)N2C[C@H](OC(=O)N4Cc5cccc(F)c5C4)C[C@H]2C(=O)N3)CC1. The van der Waals surface area contributed by atoms with Crippen molar-refractivity contribution in [3.8, 4) is 0 Å². The van der Waals surface area contributed by atoms with E-state index in [0.717, 1.165) is 25.7 Å². The highest BCUT2D eigenvalue weighted by atomic mass is 32.2. The van der Waals surface area contributed by atoms with Crippen LogP contribution in [0.3, 0.4) is 0 Å². The first-order valence-corrected chi connectivity index (χ1v) is 21.2. The predicted octanol–water partition coefficient (Wildman–Crippen LogP) is 4.78. The molecule has 2 saturated heterocycles. The molecular formula is C39H56FN5O9S. The van der Waals surface area contributed by atoms with E-state index in [1.54, 1.807) is 32.9 Å². The van der Waals surface area contributed by atoms with Crippen molar-refractivity contribution in [3.05, 3.63) is 35.1 Å². The fourth-order valence-corrected chi connectivity index (χ4v) is 10.4. The smallest absolute Gasteiger partial charge is 0.410 e. The molecule has 2 aliphatic carbocycles. The monoisotopic (exact) mass is 789 g/mol. The maximum Gasteiger partial charge on any atom is 0.410 e. The molecule has 16 heteroatoms. The van der Waals surface area contributed by atoms with Crippen LogP contribution in [0, 0.1) is 17.7 Å². The van der Waals surface area contributed by atoms with E-state index in [-0.39, 0.29) is 50.7 Å². The second kappa shape index (κ2) is 15.5. The van der Waals surface area contributed by atoms with Crippen LogP contribution in [-0.4, -0.2) is 88.7 Å². The normalized spacial score (nSPS) is 28.1. The molecule has 0 bridgehead atoms. The molecule has 55 heavy (non-hydrogen) atoms. The quantitative estimate of drug-likeness (QED) is 0.350. The molecule has 5 amide bonds. The fourth-order valence-electron chi connectivity index (χ4n) is 8.54. The predicted molar refractivity (Wildman–Crippen MR) is 199 cm³/mol. The van der Waals surface area contributed by atoms with Crippen LogP contribution in [0.5, 0.6) is 0 Å². The van der Waals surface area contributed by atoms with Crippen molar-refractivity contribution in [1.82, 2.24) is 25.2 Å². The van der Waals surface area contributed by atoms with Crippen molar-refractivity contribution < 1.29 is 46.3 Å². The highest BCUT2D eigenvalue weighted by Gasteiger charge is 2.64. The Labute approximate surface area is 323 Å². The summed E-state index contributed by atoms with van der Waals surface area (Å²) in [5.74, 6) is -2.69. The summed E-state index contributed by atoms with van der Waals surface area (Å²) in [5.41, 5.74) is -1.28. The van der Waals surface area contributed by atoms with Crippen LogP contribution in [0.2, 0.25) is 0 Å². The molecule has 1 aromatic carbocycles. The molecule has 0 unspecified atom stereocenters. The van der Waals surface area contributed by atoms with Crippen LogP contribution in [0.25, 0.3) is 0 Å². The summed E-state index contributed by atoms with van der Waals surface area (Å²) >= 11 is 0. The number of benzene rings is 1. The molecule has 3 aliphatic heterocycles. The first-order chi connectivity index (χ1) is 25.8. The molecule has 304 valence electrons. The zero-order chi connectivity index (χ0) is 39.9. The number of ether oxygens (including phenoxy) is 2. The van der Waals surface area contributed by atoms with Crippen molar-refractivity contribution in [2.75, 3.05) is 6.54 Å². The van der Waals surface area contributed by atoms with Crippen molar-refractivity contribution in [1.29, 1.82) is 0 Å². The van der Waals surface area contributed by atoms with Gasteiger partial charge in [0.1, 0.15) is 35.1 Å². The topological polar surface area (TPSA) is 181 Å². The first kappa shape index (κ1) is 40.7. The molecule has 4 fully saturated rings. The number of hydrogen-bond acceptors (Lipinski definition) is 9. The molecule has 0 radical (unpaired) electrons. The molecule has 2 saturated carbocycles. The number of nitrogens with one attached hydrogen (secondary N) is 3. The number of hydrogen-bond donors (Lipinski definition) is 3. The Morgan fingerprint density at radius 1 is 1.04 bits per heavy atom. The van der Waals surface area contributed by atoms with Crippen LogP contribution in [0.4, 0.5) is 14.0 Å². The molecule has 6 rings (SSSR count). The van der Waals surface area contributed by atoms with Gasteiger partial charge in [-0.2, -0.15) is 0 Å². The van der Waals surface area contributed by atoms with E-state index < -0.39 is 79.8 Å². The lowest BCUT2D eigenvalue weighted by Gasteiger charge is -2.30. The van der Waals surface area contributed by atoms with E-state index in [9.17, 15) is 36.8 Å². The van der Waals surface area contributed by atoms with Gasteiger partial charge in [-0.25, -0.2) is 22.4 Å². The molecule has 0 spiro atoms. The molecule has 3 heterocycles. The molecule has 14 nitrogen and oxygen atoms in total. The van der Waals surface area contributed by atoms with Crippen LogP contribution in [0.1, 0.15) is 123 Å². The fraction of sp³-hybridized carbons (Fsp3) is 0.718. The number of nitrogens with zero attached hydrogens (tertiary/aromatic N) is 2. The van der Waals surface area contributed by atoms with E-state index in [0.29, 0.717) is 43.2 Å². The standard InChI is InChI=1S/C39H56FN5O9S/c1-24(2)19-38(16-17-38)55(51,52)43-34(48)39-20-26(39)13-9-7-6-8-10-15-30(41-35(49)54-37(3,4)5)33(47)45-22-27(18-31(45)32(46)42-39)53-36(50)44-21-25-12-11-14-29(40)28(25)23-44/h11-12,14,24,26-27,30-31H,6-10,13,15-23H2,1-5H3,(H,41,49)(H,42,46)(H,43,48)/t26-,27-,30+,31+,39-/m1/s1. The number of halogens is 1. The summed E-state index contributed by atoms with van der Waals surface area (Å²) in [5, 5.41) is 5.58. The Bertz CT molecular complexity index is 1790. The third kappa shape index (κ3) is 9.04. The van der Waals surface area contributed by atoms with Gasteiger partial charge in [0, 0.05) is 18.5 Å². The number of rotatable bonds is 7. The van der Waals surface area contributed by atoms with Crippen LogP contribution in [0.15, 0.2) is 18.2 Å². The number of sulfonamides is 1. The first-order valence-electron chi connectivity index (χ1n) is 19.7. The van der Waals surface area contributed by atoms with Crippen molar-refractivity contribution in [2.24, 2.45) is 11.8 Å². The summed E-state index contributed by atoms with van der Waals surface area (Å²) < 4.78 is 54.3. The maximum atomic E-state index is 14.5. The van der Waals surface area contributed by atoms with Crippen molar-refractivity contribution >= 4 is 39.9 Å². The number of carbonyl (C=O) groups is 5. The summed E-state index contributed by atoms with van der Waals surface area (Å²) in [6, 6.07) is 2.34. The Balaban J connectivity index is 1.25. The molecule has 0 aromatic heterocycles. The van der Waals surface area contributed by atoms with E-state index in [4.69, 9.17) is 9.47 Å². The Hall–Kier alpha value is -3.95. The minimum atomic E-state index is -4.05. The lowest BCUT2D eigenvalue weighted by molar-refractivity contribution is -0.141. The second-order valence-corrected chi connectivity index (χ2v) is 19.7. The molecule has 1 aromatic rings. The van der Waals surface area contributed by atoms with E-state index in [2.05, 4.69) is 15.4 Å². The van der Waals surface area contributed by atoms with E-state index in [1.165, 1.54) is 15.9 Å². The Morgan fingerprint density at radius 3 is 2.38 bits per heavy atom. The van der Waals surface area contributed by atoms with Crippen LogP contribution < -0.4 is 15.4 Å². The summed E-state index contributed by atoms with van der Waals surface area (Å²) in [6.45, 7) is 8.93. The maximum absolute atomic E-state index is 14.5. The van der Waals surface area contributed by atoms with Gasteiger partial charge in [-0.3, -0.25) is 24.0 Å². The minimum Gasteiger partial charge on any atom is -0.444 e. The van der Waals surface area contributed by atoms with Crippen molar-refractivity contribution in [3.63, 3.8) is 0 Å². The molecule has 5 aliphatic rings. The summed E-state index contributed by atoms with van der Waals surface area (Å²) in [4.78, 5) is 71.8. The third-order valence-electron chi connectivity index (χ3n) is 11.6. The van der Waals surface area contributed by atoms with E-state index >= 15 is 0 Å². The van der Waals surface area contributed by atoms with E-state index in [1.807, 2.05) is 13.8 Å². The highest BCUT2D eigenvalue weighted by molar-refractivity contribution is 7.91. The van der Waals surface area contributed by atoms with Gasteiger partial charge >= 0.3 is 12.2 Å². The van der Waals surface area contributed by atoms with Gasteiger partial charge in [0.15, 0.2) is 0 Å². The average Bonchev–Trinajstić information content (AvgIpc) is 3.90. The van der Waals surface area contributed by atoms with Gasteiger partial charge in [0.05, 0.1) is 17.8 Å². The second-order valence-electron chi connectivity index (χ2n) is 17.6. The van der Waals surface area contributed by atoms with Gasteiger partial charge in [-0.15, -0.1) is 0 Å². The lowest BCUT2D eigenvalue weighted by atomic mass is 10.0. The summed E-state index contributed by atoms with van der Waals surface area (Å²) in [6.07, 6.45) is 3.64. The van der Waals surface area contributed by atoms with Gasteiger partial charge in [0.2, 0.25) is 21.8 Å². The minimum absolute atomic E-state index is 0.00237. The lowest BCUT2D eigenvalue weighted by Crippen LogP contribution is -2.59. The molecular weight excluding hydrogens is 734 g/mol. The Kier molecular flexibility index (Phi) is 11.5. The number of carbonyl (C=O) groups excluding carboxylic acids is 5. The number of amides is 5. The van der Waals surface area contributed by atoms with Gasteiger partial charge in [-0.1, -0.05) is 58.1 Å². The average molecular weight is 790 g/mol. The highest BCUT2D eigenvalue weighted by Crippen LogP contribution is 2.51. The Morgan fingerprint density at radius 2 is 1.73 bits per heavy atom. The van der Waals surface area contributed by atoms with Crippen molar-refractivity contribution in [2.45, 2.75) is 159 Å². The number of alkyl carbamates (subject to hydrolysis) is 1. The summed E-state index contributed by atoms with van der Waals surface area (Å²) in [7, 11) is -4.05. The van der Waals surface area contributed by atoms with Crippen LogP contribution in [-0.2, 0) is 47.0 Å². The van der Waals surface area contributed by atoms with Gasteiger partial charge in [-0.05, 0) is 82.8 Å². The molecule has 3 N–H and O–H groups in total. The zero-order valence-electron chi connectivity index (χ0n) is 32.6. The third-order valence-corrected chi connectivity index (χ3v) is 13.7. The number of fused-ring (bicyclic) bond motifs is 3. The zero-order valence-corrected chi connectivity index (χ0v) is 33.4. The van der Waals surface area contributed by atoms with Gasteiger partial charge < -0.3 is 25.0 Å². The largest absolute Gasteiger partial charge is 0.444 e.